The molecule has 0 amide bonds. The molecule has 5 rings (SSSR count). The molecule has 0 radical (unpaired) electrons. The van der Waals surface area contributed by atoms with Crippen LogP contribution in [0.1, 0.15) is 42.1 Å². The van der Waals surface area contributed by atoms with E-state index in [1.165, 1.54) is 16.9 Å². The van der Waals surface area contributed by atoms with Crippen LogP contribution in [-0.2, 0) is 6.54 Å². The maximum atomic E-state index is 6.30. The van der Waals surface area contributed by atoms with Gasteiger partial charge in [0.2, 0.25) is 5.95 Å². The zero-order chi connectivity index (χ0) is 27.0. The summed E-state index contributed by atoms with van der Waals surface area (Å²) in [5.41, 5.74) is 13.2. The predicted molar refractivity (Wildman–Crippen MR) is 156 cm³/mol. The van der Waals surface area contributed by atoms with Crippen LogP contribution in [0.25, 0.3) is 21.5 Å². The van der Waals surface area contributed by atoms with Gasteiger partial charge >= 0.3 is 0 Å². The molecule has 0 atom stereocenters. The van der Waals surface area contributed by atoms with Crippen LogP contribution in [0.2, 0.25) is 0 Å². The molecule has 1 aliphatic heterocycles. The average molecular weight is 533 g/mol. The number of rotatable bonds is 7. The molecule has 0 fully saturated rings. The van der Waals surface area contributed by atoms with Crippen molar-refractivity contribution in [2.24, 2.45) is 0 Å². The fourth-order valence-electron chi connectivity index (χ4n) is 5.01. The van der Waals surface area contributed by atoms with E-state index in [4.69, 9.17) is 20.4 Å². The van der Waals surface area contributed by atoms with Crippen molar-refractivity contribution in [2.45, 2.75) is 40.2 Å². The third-order valence-electron chi connectivity index (χ3n) is 6.75. The average Bonchev–Trinajstić information content (AvgIpc) is 3.08. The lowest BCUT2D eigenvalue weighted by molar-refractivity contribution is 0.329. The summed E-state index contributed by atoms with van der Waals surface area (Å²) >= 11 is 1.40. The second-order valence-corrected chi connectivity index (χ2v) is 11.4. The first-order valence-corrected chi connectivity index (χ1v) is 13.8. The van der Waals surface area contributed by atoms with Gasteiger partial charge in [-0.3, -0.25) is 0 Å². The fourth-order valence-corrected chi connectivity index (χ4v) is 5.67. The summed E-state index contributed by atoms with van der Waals surface area (Å²) in [6.07, 6.45) is 1.90. The number of nitrogens with two attached hydrogens (primary N) is 1. The van der Waals surface area contributed by atoms with Crippen molar-refractivity contribution < 1.29 is 4.74 Å². The molecule has 4 aromatic rings. The van der Waals surface area contributed by atoms with E-state index in [1.54, 1.807) is 0 Å². The van der Waals surface area contributed by atoms with Gasteiger partial charge in [0.25, 0.3) is 0 Å². The van der Waals surface area contributed by atoms with E-state index in [9.17, 15) is 0 Å². The standard InChI is InChI=1S/C28H36N8OS/c1-16(2)23-18(4)32-28(30-7-8-35(5)6)34-25(23)36-9-10-37-24-17(3)11-19(12-21(24)15-36)20-13-22-26(31-14-20)38-27(29)33-22/h11-14,16H,7-10,15H2,1-6H3,(H2,29,33)(H,30,32,34). The van der Waals surface area contributed by atoms with Crippen molar-refractivity contribution in [1.82, 2.24) is 24.8 Å². The van der Waals surface area contributed by atoms with Gasteiger partial charge in [0, 0.05) is 48.2 Å². The molecule has 0 saturated heterocycles. The van der Waals surface area contributed by atoms with Crippen molar-refractivity contribution in [1.29, 1.82) is 0 Å². The molecule has 0 aliphatic carbocycles. The van der Waals surface area contributed by atoms with Gasteiger partial charge in [-0.2, -0.15) is 4.98 Å². The van der Waals surface area contributed by atoms with Crippen LogP contribution in [0.5, 0.6) is 5.75 Å². The number of pyridine rings is 1. The van der Waals surface area contributed by atoms with Gasteiger partial charge in [-0.05, 0) is 63.2 Å². The Morgan fingerprint density at radius 2 is 1.95 bits per heavy atom. The summed E-state index contributed by atoms with van der Waals surface area (Å²) in [5, 5.41) is 3.94. The van der Waals surface area contributed by atoms with Gasteiger partial charge in [-0.25, -0.2) is 15.0 Å². The van der Waals surface area contributed by atoms with Gasteiger partial charge < -0.3 is 25.6 Å². The largest absolute Gasteiger partial charge is 0.491 e. The van der Waals surface area contributed by atoms with Crippen LogP contribution in [-0.4, -0.2) is 65.2 Å². The van der Waals surface area contributed by atoms with E-state index in [-0.39, 0.29) is 0 Å². The Morgan fingerprint density at radius 1 is 1.13 bits per heavy atom. The van der Waals surface area contributed by atoms with E-state index >= 15 is 0 Å². The number of ether oxygens (including phenoxy) is 1. The third kappa shape index (κ3) is 5.37. The summed E-state index contributed by atoms with van der Waals surface area (Å²) in [6.45, 7) is 12.3. The number of nitrogens with one attached hydrogen (secondary N) is 1. The third-order valence-corrected chi connectivity index (χ3v) is 7.56. The number of hydrogen-bond acceptors (Lipinski definition) is 10. The number of anilines is 3. The lowest BCUT2D eigenvalue weighted by Gasteiger charge is -2.27. The van der Waals surface area contributed by atoms with Crippen LogP contribution < -0.4 is 20.7 Å². The van der Waals surface area contributed by atoms with E-state index in [0.717, 1.165) is 69.5 Å². The Bertz CT molecular complexity index is 1470. The van der Waals surface area contributed by atoms with Gasteiger partial charge in [-0.1, -0.05) is 25.2 Å². The molecule has 200 valence electrons. The molecule has 3 N–H and O–H groups in total. The number of thiazole rings is 1. The molecule has 0 unspecified atom stereocenters. The molecule has 3 aromatic heterocycles. The number of aryl methyl sites for hydroxylation is 2. The number of hydrogen-bond donors (Lipinski definition) is 2. The minimum absolute atomic E-state index is 0.292. The Hall–Kier alpha value is -3.50. The van der Waals surface area contributed by atoms with Crippen molar-refractivity contribution in [3.63, 3.8) is 0 Å². The number of likely N-dealkylation sites (N-methyl/N-ethyl adjacent to an activating group) is 1. The smallest absolute Gasteiger partial charge is 0.224 e. The maximum Gasteiger partial charge on any atom is 0.224 e. The number of fused-ring (bicyclic) bond motifs is 2. The highest BCUT2D eigenvalue weighted by atomic mass is 32.1. The first-order chi connectivity index (χ1) is 18.2. The Labute approximate surface area is 228 Å². The summed E-state index contributed by atoms with van der Waals surface area (Å²) in [6, 6.07) is 6.43. The molecule has 0 spiro atoms. The molecule has 1 aliphatic rings. The van der Waals surface area contributed by atoms with Crippen LogP contribution in [0.15, 0.2) is 24.4 Å². The fraction of sp³-hybridized carbons (Fsp3) is 0.429. The number of benzene rings is 1. The van der Waals surface area contributed by atoms with Crippen LogP contribution >= 0.6 is 11.3 Å². The van der Waals surface area contributed by atoms with Gasteiger partial charge in [-0.15, -0.1) is 0 Å². The highest BCUT2D eigenvalue weighted by molar-refractivity contribution is 7.21. The van der Waals surface area contributed by atoms with Crippen molar-refractivity contribution in [3.05, 3.63) is 46.8 Å². The minimum Gasteiger partial charge on any atom is -0.491 e. The van der Waals surface area contributed by atoms with Gasteiger partial charge in [0.05, 0.1) is 6.54 Å². The number of nitrogen functional groups attached to an aromatic ring is 1. The quantitative estimate of drug-likeness (QED) is 0.346. The second kappa shape index (κ2) is 10.7. The molecule has 0 saturated carbocycles. The molecule has 9 nitrogen and oxygen atoms in total. The summed E-state index contributed by atoms with van der Waals surface area (Å²) in [7, 11) is 4.12. The first-order valence-electron chi connectivity index (χ1n) is 13.0. The normalized spacial score (nSPS) is 13.6. The highest BCUT2D eigenvalue weighted by Gasteiger charge is 2.25. The van der Waals surface area contributed by atoms with Crippen LogP contribution in [0.4, 0.5) is 16.9 Å². The molecule has 1 aromatic carbocycles. The minimum atomic E-state index is 0.292. The Kier molecular flexibility index (Phi) is 7.36. The summed E-state index contributed by atoms with van der Waals surface area (Å²) in [5.74, 6) is 2.88. The van der Waals surface area contributed by atoms with Crippen LogP contribution in [0.3, 0.4) is 0 Å². The lowest BCUT2D eigenvalue weighted by Crippen LogP contribution is -2.29. The van der Waals surface area contributed by atoms with Gasteiger partial charge in [0.1, 0.15) is 28.5 Å². The Balaban J connectivity index is 1.51. The summed E-state index contributed by atoms with van der Waals surface area (Å²) in [4.78, 5) is 24.2. The van der Waals surface area contributed by atoms with E-state index in [0.29, 0.717) is 30.1 Å². The first kappa shape index (κ1) is 26.1. The second-order valence-electron chi connectivity index (χ2n) is 10.4. The van der Waals surface area contributed by atoms with Crippen molar-refractivity contribution in [2.75, 3.05) is 56.3 Å². The topological polar surface area (TPSA) is 105 Å². The van der Waals surface area contributed by atoms with Crippen LogP contribution in [0, 0.1) is 13.8 Å². The summed E-state index contributed by atoms with van der Waals surface area (Å²) < 4.78 is 6.30. The molecule has 10 heteroatoms. The molecule has 38 heavy (non-hydrogen) atoms. The lowest BCUT2D eigenvalue weighted by atomic mass is 9.99. The zero-order valence-electron chi connectivity index (χ0n) is 23.0. The number of aromatic nitrogens is 4. The molecular weight excluding hydrogens is 496 g/mol. The van der Waals surface area contributed by atoms with E-state index < -0.39 is 0 Å². The highest BCUT2D eigenvalue weighted by Crippen LogP contribution is 2.37. The maximum absolute atomic E-state index is 6.30. The molecule has 4 heterocycles. The monoisotopic (exact) mass is 532 g/mol. The van der Waals surface area contributed by atoms with E-state index in [1.807, 2.05) is 6.20 Å². The molecule has 0 bridgehead atoms. The van der Waals surface area contributed by atoms with Gasteiger partial charge in [0.15, 0.2) is 5.13 Å². The molecular formula is C28H36N8OS. The predicted octanol–water partition coefficient (Wildman–Crippen LogP) is 4.84. The zero-order valence-corrected chi connectivity index (χ0v) is 23.8. The van der Waals surface area contributed by atoms with E-state index in [2.05, 4.69) is 85.1 Å². The Morgan fingerprint density at radius 3 is 2.71 bits per heavy atom. The van der Waals surface area contributed by atoms with Crippen molar-refractivity contribution >= 4 is 38.6 Å². The number of nitrogens with zero attached hydrogens (tertiary/aromatic N) is 6. The SMILES string of the molecule is Cc1cc(-c2cnc3sc(N)nc3c2)cc2c1OCCN(c1nc(NCCN(C)C)nc(C)c1C(C)C)C2. The van der Waals surface area contributed by atoms with Crippen molar-refractivity contribution in [3.8, 4) is 16.9 Å².